The van der Waals surface area contributed by atoms with Crippen molar-refractivity contribution in [2.24, 2.45) is 35.5 Å². The highest BCUT2D eigenvalue weighted by atomic mass is 16.6. The largest absolute Gasteiger partial charge is 0.449 e. The molecule has 0 heterocycles. The van der Waals surface area contributed by atoms with E-state index in [-0.39, 0.29) is 12.2 Å². The Balaban J connectivity index is 1.07. The van der Waals surface area contributed by atoms with Gasteiger partial charge in [-0.15, -0.1) is 18.4 Å². The van der Waals surface area contributed by atoms with Crippen LogP contribution in [0.25, 0.3) is 0 Å². The lowest BCUT2D eigenvalue weighted by Crippen LogP contribution is -2.30. The van der Waals surface area contributed by atoms with Gasteiger partial charge in [0, 0.05) is 25.9 Å². The number of rotatable bonds is 18. The van der Waals surface area contributed by atoms with E-state index in [9.17, 15) is 9.59 Å². The number of allylic oxidation sites excluding steroid dienone is 1. The van der Waals surface area contributed by atoms with Gasteiger partial charge in [0.25, 0.3) is 0 Å². The van der Waals surface area contributed by atoms with E-state index in [1.165, 1.54) is 12.8 Å². The summed E-state index contributed by atoms with van der Waals surface area (Å²) in [4.78, 5) is 23.8. The summed E-state index contributed by atoms with van der Waals surface area (Å²) < 4.78 is 21.7. The van der Waals surface area contributed by atoms with Gasteiger partial charge in [-0.25, -0.2) is 9.59 Å². The Labute approximate surface area is 222 Å². The van der Waals surface area contributed by atoms with Crippen molar-refractivity contribution < 1.29 is 28.5 Å². The van der Waals surface area contributed by atoms with Gasteiger partial charge in [0.05, 0.1) is 39.6 Å². The molecule has 0 aromatic rings. The van der Waals surface area contributed by atoms with Crippen LogP contribution in [0.5, 0.6) is 0 Å². The van der Waals surface area contributed by atoms with Crippen LogP contribution in [-0.2, 0) is 18.9 Å². The molecule has 5 atom stereocenters. The van der Waals surface area contributed by atoms with Crippen LogP contribution in [0.1, 0.15) is 58.3 Å². The van der Waals surface area contributed by atoms with Gasteiger partial charge in [-0.1, -0.05) is 25.8 Å². The number of alkyl carbamates (subject to hydrolysis) is 2. The monoisotopic (exact) mass is 518 g/mol. The minimum atomic E-state index is -0.386. The molecule has 37 heavy (non-hydrogen) atoms. The average Bonchev–Trinajstić information content (AvgIpc) is 3.74. The molecule has 8 heteroatoms. The lowest BCUT2D eigenvalue weighted by atomic mass is 10.1. The van der Waals surface area contributed by atoms with E-state index in [4.69, 9.17) is 18.9 Å². The van der Waals surface area contributed by atoms with Gasteiger partial charge in [-0.2, -0.15) is 0 Å². The Morgan fingerprint density at radius 3 is 1.89 bits per heavy atom. The van der Waals surface area contributed by atoms with Crippen molar-refractivity contribution in [3.63, 3.8) is 0 Å². The SMILES string of the molecule is C=CCCC1C(CCC)C1COC(=O)NCCOCCOCCNC(=O)OCC1C2CCC#CCCC21. The molecule has 0 aromatic carbocycles. The molecule has 0 saturated heterocycles. The summed E-state index contributed by atoms with van der Waals surface area (Å²) in [7, 11) is 0. The third-order valence-corrected chi connectivity index (χ3v) is 7.89. The first-order chi connectivity index (χ1) is 18.2. The van der Waals surface area contributed by atoms with Crippen molar-refractivity contribution in [1.82, 2.24) is 10.6 Å². The van der Waals surface area contributed by atoms with Crippen LogP contribution in [0.15, 0.2) is 12.7 Å². The van der Waals surface area contributed by atoms with Crippen molar-refractivity contribution in [3.05, 3.63) is 12.7 Å². The first-order valence-corrected chi connectivity index (χ1v) is 14.2. The van der Waals surface area contributed by atoms with Crippen LogP contribution in [0.4, 0.5) is 9.59 Å². The van der Waals surface area contributed by atoms with Crippen molar-refractivity contribution in [2.45, 2.75) is 58.3 Å². The lowest BCUT2D eigenvalue weighted by Gasteiger charge is -2.09. The summed E-state index contributed by atoms with van der Waals surface area (Å²) >= 11 is 0. The van der Waals surface area contributed by atoms with Crippen molar-refractivity contribution >= 4 is 12.2 Å². The second-order valence-electron chi connectivity index (χ2n) is 10.3. The van der Waals surface area contributed by atoms with E-state index in [2.05, 4.69) is 36.0 Å². The third-order valence-electron chi connectivity index (χ3n) is 7.89. The van der Waals surface area contributed by atoms with Crippen molar-refractivity contribution in [3.8, 4) is 11.8 Å². The minimum Gasteiger partial charge on any atom is -0.449 e. The van der Waals surface area contributed by atoms with E-state index in [0.717, 1.165) is 38.5 Å². The summed E-state index contributed by atoms with van der Waals surface area (Å²) in [6, 6.07) is 0. The molecule has 0 bridgehead atoms. The number of ether oxygens (including phenoxy) is 4. The Hall–Kier alpha value is -2.24. The smallest absolute Gasteiger partial charge is 0.407 e. The van der Waals surface area contributed by atoms with E-state index in [1.807, 2.05) is 6.08 Å². The summed E-state index contributed by atoms with van der Waals surface area (Å²) in [5.74, 6) is 10.1. The standard InChI is InChI=1S/C29H46N2O6/c1-3-5-11-23-22(10-4-2)26(23)20-36-28(32)30-14-16-34-18-19-35-17-15-31-29(33)37-21-27-24-12-8-6-7-9-13-25(24)27/h3,22-27H,1,4-5,8-21H2,2H3,(H,30,32)(H,31,33). The van der Waals surface area contributed by atoms with Crippen LogP contribution >= 0.6 is 0 Å². The highest BCUT2D eigenvalue weighted by Crippen LogP contribution is 2.53. The predicted octanol–water partition coefficient (Wildman–Crippen LogP) is 4.54. The number of carbonyl (C=O) groups is 2. The third kappa shape index (κ3) is 10.6. The first kappa shape index (κ1) is 29.3. The fourth-order valence-corrected chi connectivity index (χ4v) is 5.77. The Kier molecular flexibility index (Phi) is 13.1. The molecular formula is C29H46N2O6. The van der Waals surface area contributed by atoms with Gasteiger partial charge in [0.1, 0.15) is 0 Å². The molecule has 2 amide bonds. The molecule has 0 aromatic heterocycles. The number of amides is 2. The number of hydrogen-bond donors (Lipinski definition) is 2. The summed E-state index contributed by atoms with van der Waals surface area (Å²) in [6.07, 6.45) is 9.89. The highest BCUT2D eigenvalue weighted by molar-refractivity contribution is 5.67. The van der Waals surface area contributed by atoms with Crippen LogP contribution in [0.2, 0.25) is 0 Å². The molecule has 0 radical (unpaired) electrons. The molecule has 8 nitrogen and oxygen atoms in total. The highest BCUT2D eigenvalue weighted by Gasteiger charge is 2.49. The second kappa shape index (κ2) is 16.6. The van der Waals surface area contributed by atoms with Gasteiger partial charge < -0.3 is 29.6 Å². The maximum absolute atomic E-state index is 11.9. The van der Waals surface area contributed by atoms with Crippen LogP contribution in [0, 0.1) is 47.3 Å². The van der Waals surface area contributed by atoms with Gasteiger partial charge >= 0.3 is 12.2 Å². The van der Waals surface area contributed by atoms with Crippen LogP contribution in [0.3, 0.4) is 0 Å². The van der Waals surface area contributed by atoms with Crippen molar-refractivity contribution in [1.29, 1.82) is 0 Å². The fraction of sp³-hybridized carbons (Fsp3) is 0.793. The fourth-order valence-electron chi connectivity index (χ4n) is 5.77. The van der Waals surface area contributed by atoms with Crippen LogP contribution < -0.4 is 10.6 Å². The lowest BCUT2D eigenvalue weighted by molar-refractivity contribution is 0.0485. The molecular weight excluding hydrogens is 472 g/mol. The van der Waals surface area contributed by atoms with E-state index in [1.54, 1.807) is 0 Å². The number of carbonyl (C=O) groups excluding carboxylic acids is 2. The van der Waals surface area contributed by atoms with E-state index in [0.29, 0.717) is 88.2 Å². The zero-order valence-electron chi connectivity index (χ0n) is 22.5. The molecule has 0 aliphatic heterocycles. The number of hydrogen-bond acceptors (Lipinski definition) is 6. The van der Waals surface area contributed by atoms with Gasteiger partial charge in [0.15, 0.2) is 0 Å². The molecule has 3 rings (SSSR count). The maximum Gasteiger partial charge on any atom is 0.407 e. The second-order valence-corrected chi connectivity index (χ2v) is 10.3. The normalized spacial score (nSPS) is 27.4. The van der Waals surface area contributed by atoms with Gasteiger partial charge in [-0.05, 0) is 61.2 Å². The zero-order chi connectivity index (χ0) is 26.3. The molecule has 2 saturated carbocycles. The minimum absolute atomic E-state index is 0.386. The maximum atomic E-state index is 11.9. The summed E-state index contributed by atoms with van der Waals surface area (Å²) in [5.41, 5.74) is 0. The van der Waals surface area contributed by atoms with Crippen molar-refractivity contribution in [2.75, 3.05) is 52.7 Å². The van der Waals surface area contributed by atoms with E-state index < -0.39 is 0 Å². The topological polar surface area (TPSA) is 95.1 Å². The molecule has 3 aliphatic carbocycles. The Morgan fingerprint density at radius 2 is 1.35 bits per heavy atom. The molecule has 2 fully saturated rings. The predicted molar refractivity (Wildman–Crippen MR) is 142 cm³/mol. The summed E-state index contributed by atoms with van der Waals surface area (Å²) in [6.45, 7) is 9.39. The number of fused-ring (bicyclic) bond motifs is 1. The quantitative estimate of drug-likeness (QED) is 0.157. The Morgan fingerprint density at radius 1 is 0.811 bits per heavy atom. The molecule has 208 valence electrons. The Bertz CT molecular complexity index is 760. The van der Waals surface area contributed by atoms with E-state index >= 15 is 0 Å². The average molecular weight is 519 g/mol. The number of nitrogens with one attached hydrogen (secondary N) is 2. The zero-order valence-corrected chi connectivity index (χ0v) is 22.5. The van der Waals surface area contributed by atoms with Gasteiger partial charge in [0.2, 0.25) is 0 Å². The molecule has 3 aliphatic rings. The molecule has 5 unspecified atom stereocenters. The summed E-state index contributed by atoms with van der Waals surface area (Å²) in [5, 5.41) is 5.45. The van der Waals surface area contributed by atoms with Crippen LogP contribution in [-0.4, -0.2) is 64.9 Å². The molecule has 0 spiro atoms. The van der Waals surface area contributed by atoms with Gasteiger partial charge in [-0.3, -0.25) is 0 Å². The first-order valence-electron chi connectivity index (χ1n) is 14.2. The molecule has 2 N–H and O–H groups in total.